The maximum atomic E-state index is 12.0. The van der Waals surface area contributed by atoms with Gasteiger partial charge in [-0.2, -0.15) is 0 Å². The lowest BCUT2D eigenvalue weighted by atomic mass is 10.0. The van der Waals surface area contributed by atoms with Gasteiger partial charge >= 0.3 is 5.97 Å². The molecule has 311 valence electrons. The van der Waals surface area contributed by atoms with E-state index in [1.54, 1.807) is 0 Å². The van der Waals surface area contributed by atoms with Crippen LogP contribution in [0.25, 0.3) is 0 Å². The molecule has 0 amide bonds. The van der Waals surface area contributed by atoms with E-state index in [4.69, 9.17) is 4.74 Å². The van der Waals surface area contributed by atoms with E-state index in [1.807, 2.05) is 6.29 Å². The third-order valence-corrected chi connectivity index (χ3v) is 11.0. The molecule has 3 heteroatoms. The van der Waals surface area contributed by atoms with E-state index >= 15 is 0 Å². The monoisotopic (exact) mass is 742 g/mol. The van der Waals surface area contributed by atoms with Crippen LogP contribution in [0.3, 0.4) is 0 Å². The van der Waals surface area contributed by atoms with Crippen molar-refractivity contribution in [2.75, 3.05) is 6.61 Å². The summed E-state index contributed by atoms with van der Waals surface area (Å²) in [6.07, 6.45) is 65.6. The molecule has 0 saturated heterocycles. The molecule has 0 unspecified atom stereocenters. The first-order valence-electron chi connectivity index (χ1n) is 24.1. The summed E-state index contributed by atoms with van der Waals surface area (Å²) in [5.41, 5.74) is 0. The predicted octanol–water partition coefficient (Wildman–Crippen LogP) is 17.2. The molecule has 3 nitrogen and oxygen atoms in total. The fourth-order valence-corrected chi connectivity index (χ4v) is 7.41. The van der Waals surface area contributed by atoms with E-state index in [0.717, 1.165) is 38.5 Å². The Balaban J connectivity index is 3.19. The molecule has 0 N–H and O–H groups in total. The minimum absolute atomic E-state index is 0.00634. The van der Waals surface area contributed by atoms with Gasteiger partial charge < -0.3 is 4.74 Å². The Morgan fingerprint density at radius 3 is 1.09 bits per heavy atom. The number of allylic oxidation sites excluding steroid dienone is 4. The van der Waals surface area contributed by atoms with Crippen molar-refractivity contribution in [3.63, 3.8) is 0 Å². The highest BCUT2D eigenvalue weighted by Gasteiger charge is 2.03. The fourth-order valence-electron chi connectivity index (χ4n) is 7.41. The second-order valence-corrected chi connectivity index (χ2v) is 16.3. The number of unbranched alkanes of at least 4 members (excludes halogenated alkanes) is 37. The van der Waals surface area contributed by atoms with Gasteiger partial charge in [-0.15, -0.1) is 0 Å². The third kappa shape index (κ3) is 48.6. The van der Waals surface area contributed by atoms with Crippen LogP contribution in [0.2, 0.25) is 0 Å². The quantitative estimate of drug-likeness (QED) is 0.0354. The standard InChI is InChI=1S/C50H93O3/c1-2-3-4-5-6-7-8-9-10-23-26-29-32-35-38-41-44-47-50(52)53-49-46-43-40-37-34-31-28-25-22-20-18-16-14-12-11-13-15-17-19-21-24-27-30-33-36-39-42-45-48-51/h9-10,26,29H,2-8,11-25,27-28,30-47,49H2,1H3. The summed E-state index contributed by atoms with van der Waals surface area (Å²) >= 11 is 0. The molecular weight excluding hydrogens is 649 g/mol. The lowest BCUT2D eigenvalue weighted by Gasteiger charge is -2.05. The lowest BCUT2D eigenvalue weighted by molar-refractivity contribution is -0.143. The molecule has 0 spiro atoms. The maximum absolute atomic E-state index is 12.0. The van der Waals surface area contributed by atoms with Crippen molar-refractivity contribution in [1.29, 1.82) is 0 Å². The number of carbonyl (C=O) groups excluding carboxylic acids is 2. The van der Waals surface area contributed by atoms with Gasteiger partial charge in [-0.25, -0.2) is 0 Å². The fraction of sp³-hybridized carbons (Fsp3) is 0.880. The van der Waals surface area contributed by atoms with Crippen molar-refractivity contribution in [3.8, 4) is 0 Å². The highest BCUT2D eigenvalue weighted by atomic mass is 16.5. The Bertz CT molecular complexity index is 756. The first-order valence-corrected chi connectivity index (χ1v) is 24.1. The number of carbonyl (C=O) groups is 1. The first-order chi connectivity index (χ1) is 26.3. The minimum Gasteiger partial charge on any atom is -0.466 e. The highest BCUT2D eigenvalue weighted by molar-refractivity contribution is 5.69. The van der Waals surface area contributed by atoms with Crippen LogP contribution in [-0.4, -0.2) is 18.9 Å². The second-order valence-electron chi connectivity index (χ2n) is 16.3. The molecule has 0 rings (SSSR count). The van der Waals surface area contributed by atoms with Gasteiger partial charge in [0.2, 0.25) is 0 Å². The third-order valence-electron chi connectivity index (χ3n) is 11.0. The number of rotatable bonds is 46. The van der Waals surface area contributed by atoms with Crippen molar-refractivity contribution in [3.05, 3.63) is 24.3 Å². The lowest BCUT2D eigenvalue weighted by Crippen LogP contribution is -2.05. The van der Waals surface area contributed by atoms with Gasteiger partial charge in [0.25, 0.3) is 0 Å². The molecule has 0 aromatic heterocycles. The highest BCUT2D eigenvalue weighted by Crippen LogP contribution is 2.17. The molecule has 53 heavy (non-hydrogen) atoms. The first kappa shape index (κ1) is 51.6. The van der Waals surface area contributed by atoms with Gasteiger partial charge in [0.15, 0.2) is 6.29 Å². The summed E-state index contributed by atoms with van der Waals surface area (Å²) in [5, 5.41) is 0. The molecule has 0 saturated carbocycles. The Labute approximate surface area is 333 Å². The summed E-state index contributed by atoms with van der Waals surface area (Å²) in [4.78, 5) is 22.2. The Hall–Kier alpha value is -1.38. The van der Waals surface area contributed by atoms with Crippen molar-refractivity contribution < 1.29 is 14.3 Å². The average molecular weight is 742 g/mol. The van der Waals surface area contributed by atoms with Crippen LogP contribution in [0.1, 0.15) is 277 Å². The van der Waals surface area contributed by atoms with Crippen molar-refractivity contribution in [2.45, 2.75) is 277 Å². The van der Waals surface area contributed by atoms with Gasteiger partial charge in [0.05, 0.1) is 6.61 Å². The van der Waals surface area contributed by atoms with E-state index in [1.165, 1.54) is 218 Å². The SMILES string of the molecule is CCCCCCCCC=CCC=CCCCCCCC(=O)OCCCCCCCCCCCCCCCCCCCCCCCCCCCCC[C]=O. The summed E-state index contributed by atoms with van der Waals surface area (Å²) < 4.78 is 5.47. The van der Waals surface area contributed by atoms with Gasteiger partial charge in [0, 0.05) is 12.8 Å². The van der Waals surface area contributed by atoms with E-state index in [-0.39, 0.29) is 5.97 Å². The van der Waals surface area contributed by atoms with Crippen molar-refractivity contribution in [1.82, 2.24) is 0 Å². The van der Waals surface area contributed by atoms with Crippen LogP contribution in [0, 0.1) is 0 Å². The van der Waals surface area contributed by atoms with Gasteiger partial charge in [-0.1, -0.05) is 237 Å². The topological polar surface area (TPSA) is 43.4 Å². The summed E-state index contributed by atoms with van der Waals surface area (Å²) in [6, 6.07) is 0. The van der Waals surface area contributed by atoms with Gasteiger partial charge in [-0.3, -0.25) is 9.59 Å². The normalized spacial score (nSPS) is 11.7. The number of hydrogen-bond donors (Lipinski definition) is 0. The molecule has 0 aliphatic rings. The van der Waals surface area contributed by atoms with E-state index in [0.29, 0.717) is 19.4 Å². The zero-order valence-electron chi connectivity index (χ0n) is 35.9. The zero-order valence-corrected chi connectivity index (χ0v) is 35.9. The molecular formula is C50H93O3. The molecule has 0 aliphatic heterocycles. The van der Waals surface area contributed by atoms with Crippen LogP contribution in [-0.2, 0) is 14.3 Å². The van der Waals surface area contributed by atoms with Gasteiger partial charge in [0.1, 0.15) is 0 Å². The average Bonchev–Trinajstić information content (AvgIpc) is 3.16. The van der Waals surface area contributed by atoms with Crippen LogP contribution < -0.4 is 0 Å². The van der Waals surface area contributed by atoms with Crippen LogP contribution in [0.15, 0.2) is 24.3 Å². The van der Waals surface area contributed by atoms with Crippen LogP contribution >= 0.6 is 0 Å². The molecule has 1 radical (unpaired) electrons. The number of esters is 1. The largest absolute Gasteiger partial charge is 0.466 e. The molecule has 0 heterocycles. The Kier molecular flexibility index (Phi) is 47.4. The second kappa shape index (κ2) is 48.6. The van der Waals surface area contributed by atoms with E-state index < -0.39 is 0 Å². The summed E-state index contributed by atoms with van der Waals surface area (Å²) in [6.45, 7) is 2.89. The molecule has 0 atom stereocenters. The smallest absolute Gasteiger partial charge is 0.305 e. The number of hydrogen-bond acceptors (Lipinski definition) is 3. The summed E-state index contributed by atoms with van der Waals surface area (Å²) in [7, 11) is 0. The summed E-state index contributed by atoms with van der Waals surface area (Å²) in [5.74, 6) is 0.00634. The zero-order chi connectivity index (χ0) is 38.2. The van der Waals surface area contributed by atoms with Gasteiger partial charge in [-0.05, 0) is 51.4 Å². The molecule has 0 aromatic carbocycles. The van der Waals surface area contributed by atoms with Crippen molar-refractivity contribution in [2.24, 2.45) is 0 Å². The molecule has 0 fully saturated rings. The van der Waals surface area contributed by atoms with Crippen molar-refractivity contribution >= 4 is 12.3 Å². The Morgan fingerprint density at radius 2 is 0.717 bits per heavy atom. The van der Waals surface area contributed by atoms with Crippen LogP contribution in [0.4, 0.5) is 0 Å². The Morgan fingerprint density at radius 1 is 0.396 bits per heavy atom. The minimum atomic E-state index is 0.00634. The van der Waals surface area contributed by atoms with E-state index in [2.05, 4.69) is 31.2 Å². The molecule has 0 aromatic rings. The predicted molar refractivity (Wildman–Crippen MR) is 235 cm³/mol. The maximum Gasteiger partial charge on any atom is 0.305 e. The molecule has 0 aliphatic carbocycles. The number of ether oxygens (including phenoxy) is 1. The van der Waals surface area contributed by atoms with E-state index in [9.17, 15) is 9.59 Å². The molecule has 0 bridgehead atoms. The van der Waals surface area contributed by atoms with Crippen LogP contribution in [0.5, 0.6) is 0 Å².